The average molecular weight is 368 g/mol. The lowest BCUT2D eigenvalue weighted by Crippen LogP contribution is -2.06. The first kappa shape index (κ1) is 17.1. The summed E-state index contributed by atoms with van der Waals surface area (Å²) >= 11 is 0. The van der Waals surface area contributed by atoms with Gasteiger partial charge in [0.05, 0.1) is 11.7 Å². The summed E-state index contributed by atoms with van der Waals surface area (Å²) in [5.41, 5.74) is 3.32. The maximum Gasteiger partial charge on any atom is 0.237 e. The van der Waals surface area contributed by atoms with Gasteiger partial charge in [0, 0.05) is 18.2 Å². The van der Waals surface area contributed by atoms with Gasteiger partial charge < -0.3 is 9.26 Å². The van der Waals surface area contributed by atoms with Gasteiger partial charge in [0.2, 0.25) is 11.7 Å². The molecule has 0 radical (unpaired) electrons. The molecule has 0 amide bonds. The Morgan fingerprint density at radius 1 is 1.30 bits per heavy atom. The maximum absolute atomic E-state index is 5.99. The monoisotopic (exact) mass is 368 g/mol. The minimum atomic E-state index is 0.276. The molecule has 0 N–H and O–H groups in total. The van der Waals surface area contributed by atoms with Crippen LogP contribution < -0.4 is 4.74 Å². The summed E-state index contributed by atoms with van der Waals surface area (Å²) in [5.74, 6) is 1.78. The summed E-state index contributed by atoms with van der Waals surface area (Å²) < 4.78 is 14.4. The molecule has 4 aromatic heterocycles. The van der Waals surface area contributed by atoms with Gasteiger partial charge in [-0.3, -0.25) is 4.68 Å². The zero-order valence-electron chi connectivity index (χ0n) is 15.5. The minimum absolute atomic E-state index is 0.276. The predicted molar refractivity (Wildman–Crippen MR) is 95.0 cm³/mol. The molecule has 0 saturated carbocycles. The number of unbranched alkanes of at least 4 members (excludes halogenated alkanes) is 1. The van der Waals surface area contributed by atoms with Crippen LogP contribution in [-0.4, -0.2) is 39.7 Å². The Hall–Kier alpha value is -3.30. The van der Waals surface area contributed by atoms with Crippen molar-refractivity contribution in [3.05, 3.63) is 35.7 Å². The quantitative estimate of drug-likeness (QED) is 0.488. The average Bonchev–Trinajstić information content (AvgIpc) is 3.36. The van der Waals surface area contributed by atoms with E-state index in [2.05, 4.69) is 37.5 Å². The molecule has 0 aromatic carbocycles. The maximum atomic E-state index is 5.99. The molecule has 0 aliphatic rings. The van der Waals surface area contributed by atoms with Gasteiger partial charge in [-0.2, -0.15) is 10.2 Å². The largest absolute Gasteiger partial charge is 0.468 e. The van der Waals surface area contributed by atoms with Crippen LogP contribution in [-0.2, 0) is 20.1 Å². The lowest BCUT2D eigenvalue weighted by atomic mass is 10.1. The number of hydrogen-bond acceptors (Lipinski definition) is 8. The Labute approximate surface area is 155 Å². The number of aryl methyl sites for hydroxylation is 3. The Morgan fingerprint density at radius 3 is 2.89 bits per heavy atom. The smallest absolute Gasteiger partial charge is 0.237 e. The van der Waals surface area contributed by atoms with Gasteiger partial charge in [0.15, 0.2) is 11.5 Å². The van der Waals surface area contributed by atoms with Gasteiger partial charge in [-0.05, 0) is 19.8 Å². The molecule has 0 spiro atoms. The van der Waals surface area contributed by atoms with E-state index < -0.39 is 0 Å². The van der Waals surface area contributed by atoms with Crippen LogP contribution in [0.15, 0.2) is 23.3 Å². The van der Waals surface area contributed by atoms with Gasteiger partial charge in [0.25, 0.3) is 0 Å². The first-order valence-corrected chi connectivity index (χ1v) is 8.79. The molecule has 0 atom stereocenters. The van der Waals surface area contributed by atoms with Crippen molar-refractivity contribution in [1.82, 2.24) is 39.7 Å². The van der Waals surface area contributed by atoms with E-state index in [9.17, 15) is 0 Å². The molecule has 10 nitrogen and oxygen atoms in total. The van der Waals surface area contributed by atoms with Crippen LogP contribution in [0.1, 0.15) is 36.7 Å². The number of hydrogen-bond donors (Lipinski definition) is 0. The highest BCUT2D eigenvalue weighted by molar-refractivity contribution is 5.63. The fourth-order valence-corrected chi connectivity index (χ4v) is 2.86. The minimum Gasteiger partial charge on any atom is -0.468 e. The molecule has 4 rings (SSSR count). The third kappa shape index (κ3) is 3.14. The first-order chi connectivity index (χ1) is 13.2. The summed E-state index contributed by atoms with van der Waals surface area (Å²) in [6, 6.07) is 0. The lowest BCUT2D eigenvalue weighted by Gasteiger charge is -2.05. The summed E-state index contributed by atoms with van der Waals surface area (Å²) in [6.45, 7) is 4.33. The summed E-state index contributed by atoms with van der Waals surface area (Å²) in [5, 5.41) is 21.1. The van der Waals surface area contributed by atoms with Crippen molar-refractivity contribution < 1.29 is 9.26 Å². The second-order valence-corrected chi connectivity index (χ2v) is 6.29. The fourth-order valence-electron chi connectivity index (χ4n) is 2.86. The molecule has 0 saturated heterocycles. The van der Waals surface area contributed by atoms with E-state index in [-0.39, 0.29) is 6.61 Å². The van der Waals surface area contributed by atoms with E-state index in [1.165, 1.54) is 6.33 Å². The third-order valence-electron chi connectivity index (χ3n) is 4.40. The van der Waals surface area contributed by atoms with Crippen LogP contribution in [0.5, 0.6) is 5.88 Å². The molecule has 0 aliphatic carbocycles. The van der Waals surface area contributed by atoms with Crippen molar-refractivity contribution >= 4 is 5.52 Å². The van der Waals surface area contributed by atoms with Crippen LogP contribution >= 0.6 is 0 Å². The lowest BCUT2D eigenvalue weighted by molar-refractivity contribution is 0.274. The van der Waals surface area contributed by atoms with Gasteiger partial charge in [-0.25, -0.2) is 9.50 Å². The Morgan fingerprint density at radius 2 is 2.19 bits per heavy atom. The number of aromatic nitrogens is 8. The van der Waals surface area contributed by atoms with E-state index in [4.69, 9.17) is 9.26 Å². The highest BCUT2D eigenvalue weighted by Gasteiger charge is 2.20. The van der Waals surface area contributed by atoms with Gasteiger partial charge in [0.1, 0.15) is 19.2 Å². The molecular formula is C17H20N8O2. The normalized spacial score (nSPS) is 11.4. The molecule has 0 bridgehead atoms. The zero-order valence-corrected chi connectivity index (χ0v) is 15.5. The van der Waals surface area contributed by atoms with E-state index in [1.54, 1.807) is 21.7 Å². The van der Waals surface area contributed by atoms with Crippen molar-refractivity contribution in [2.24, 2.45) is 7.05 Å². The summed E-state index contributed by atoms with van der Waals surface area (Å²) in [4.78, 5) is 4.19. The molecule has 140 valence electrons. The SMILES string of the molecule is CCCCc1c(OCc2ncnn2C)nn2c(-c3nocc3C)nncc12. The Kier molecular flexibility index (Phi) is 4.53. The Bertz CT molecular complexity index is 1060. The number of rotatable bonds is 7. The molecule has 27 heavy (non-hydrogen) atoms. The van der Waals surface area contributed by atoms with Crippen LogP contribution in [0.4, 0.5) is 0 Å². The van der Waals surface area contributed by atoms with Crippen LogP contribution in [0.2, 0.25) is 0 Å². The number of fused-ring (bicyclic) bond motifs is 1. The van der Waals surface area contributed by atoms with Crippen molar-refractivity contribution in [2.45, 2.75) is 39.7 Å². The van der Waals surface area contributed by atoms with Crippen molar-refractivity contribution in [3.63, 3.8) is 0 Å². The third-order valence-corrected chi connectivity index (χ3v) is 4.40. The highest BCUT2D eigenvalue weighted by Crippen LogP contribution is 2.28. The molecule has 4 aromatic rings. The van der Waals surface area contributed by atoms with Gasteiger partial charge >= 0.3 is 0 Å². The highest BCUT2D eigenvalue weighted by atomic mass is 16.5. The number of ether oxygens (including phenoxy) is 1. The van der Waals surface area contributed by atoms with Gasteiger partial charge in [-0.1, -0.05) is 18.5 Å². The van der Waals surface area contributed by atoms with E-state index in [1.807, 2.05) is 14.0 Å². The Balaban J connectivity index is 1.77. The topological polar surface area (TPSA) is 109 Å². The molecule has 0 aliphatic heterocycles. The fraction of sp³-hybridized carbons (Fsp3) is 0.412. The molecular weight excluding hydrogens is 348 g/mol. The van der Waals surface area contributed by atoms with Crippen LogP contribution in [0, 0.1) is 6.92 Å². The van der Waals surface area contributed by atoms with Crippen LogP contribution in [0.3, 0.4) is 0 Å². The first-order valence-electron chi connectivity index (χ1n) is 8.79. The van der Waals surface area contributed by atoms with Crippen LogP contribution in [0.25, 0.3) is 17.0 Å². The van der Waals surface area contributed by atoms with E-state index in [0.29, 0.717) is 17.4 Å². The van der Waals surface area contributed by atoms with E-state index >= 15 is 0 Å². The molecule has 4 heterocycles. The standard InChI is InChI=1S/C17H20N8O2/c1-4-5-6-12-13-7-19-21-16(15-11(2)8-27-23-15)25(13)22-17(12)26-9-14-18-10-20-24(14)3/h7-8,10H,4-6,9H2,1-3H3. The zero-order chi connectivity index (χ0) is 18.8. The molecule has 10 heteroatoms. The summed E-state index contributed by atoms with van der Waals surface area (Å²) in [7, 11) is 1.83. The van der Waals surface area contributed by atoms with Gasteiger partial charge in [-0.15, -0.1) is 10.2 Å². The van der Waals surface area contributed by atoms with Crippen molar-refractivity contribution in [3.8, 4) is 17.4 Å². The molecule has 0 fully saturated rings. The molecule has 0 unspecified atom stereocenters. The van der Waals surface area contributed by atoms with E-state index in [0.717, 1.165) is 41.7 Å². The van der Waals surface area contributed by atoms with Crippen molar-refractivity contribution in [1.29, 1.82) is 0 Å². The number of nitrogens with zero attached hydrogens (tertiary/aromatic N) is 8. The van der Waals surface area contributed by atoms with Crippen molar-refractivity contribution in [2.75, 3.05) is 0 Å². The summed E-state index contributed by atoms with van der Waals surface area (Å²) in [6.07, 6.45) is 7.68. The second kappa shape index (κ2) is 7.14. The predicted octanol–water partition coefficient (Wildman–Crippen LogP) is 2.14. The second-order valence-electron chi connectivity index (χ2n) is 6.29.